The number of hydrogen-bond donors (Lipinski definition) is 0. The summed E-state index contributed by atoms with van der Waals surface area (Å²) in [6.45, 7) is 4.14. The fourth-order valence-electron chi connectivity index (χ4n) is 1.42. The molecule has 1 aromatic heterocycles. The van der Waals surface area contributed by atoms with Gasteiger partial charge in [0.2, 0.25) is 0 Å². The van der Waals surface area contributed by atoms with E-state index in [1.165, 1.54) is 0 Å². The van der Waals surface area contributed by atoms with E-state index in [1.807, 2.05) is 30.1 Å². The minimum atomic E-state index is 0.334. The quantitative estimate of drug-likeness (QED) is 0.694. The van der Waals surface area contributed by atoms with Crippen LogP contribution in [0.5, 0.6) is 0 Å². The zero-order valence-corrected chi connectivity index (χ0v) is 8.58. The summed E-state index contributed by atoms with van der Waals surface area (Å²) < 4.78 is 1.97. The van der Waals surface area contributed by atoms with E-state index >= 15 is 0 Å². The van der Waals surface area contributed by atoms with E-state index in [4.69, 9.17) is 0 Å². The molecule has 0 atom stereocenters. The van der Waals surface area contributed by atoms with E-state index in [9.17, 15) is 4.79 Å². The number of aryl methyl sites for hydroxylation is 1. The van der Waals surface area contributed by atoms with E-state index in [0.29, 0.717) is 24.5 Å². The third-order valence-corrected chi connectivity index (χ3v) is 1.93. The van der Waals surface area contributed by atoms with Gasteiger partial charge in [0, 0.05) is 32.3 Å². The van der Waals surface area contributed by atoms with Crippen molar-refractivity contribution in [1.29, 1.82) is 0 Å². The Morgan fingerprint density at radius 3 is 2.69 bits per heavy atom. The zero-order valence-electron chi connectivity index (χ0n) is 8.58. The molecule has 0 saturated carbocycles. The van der Waals surface area contributed by atoms with Crippen molar-refractivity contribution in [2.24, 2.45) is 13.0 Å². The minimum Gasteiger partial charge on any atom is -0.357 e. The maximum atomic E-state index is 11.4. The van der Waals surface area contributed by atoms with Crippen LogP contribution in [-0.4, -0.2) is 10.4 Å². The van der Waals surface area contributed by atoms with Crippen molar-refractivity contribution in [1.82, 2.24) is 4.57 Å². The maximum Gasteiger partial charge on any atom is 0.137 e. The summed E-state index contributed by atoms with van der Waals surface area (Å²) in [5, 5.41) is 0. The molecule has 1 aromatic rings. The molecule has 0 unspecified atom stereocenters. The molecule has 72 valence electrons. The molecule has 0 spiro atoms. The van der Waals surface area contributed by atoms with E-state index in [1.54, 1.807) is 0 Å². The number of nitrogens with zero attached hydrogens (tertiary/aromatic N) is 1. The van der Waals surface area contributed by atoms with Crippen molar-refractivity contribution in [2.45, 2.75) is 26.7 Å². The number of aromatic nitrogens is 1. The first kappa shape index (κ1) is 10.0. The molecule has 0 aromatic carbocycles. The molecule has 0 aliphatic rings. The van der Waals surface area contributed by atoms with Gasteiger partial charge in [0.15, 0.2) is 0 Å². The second-order valence-corrected chi connectivity index (χ2v) is 4.00. The Morgan fingerprint density at radius 1 is 1.54 bits per heavy atom. The van der Waals surface area contributed by atoms with E-state index < -0.39 is 0 Å². The van der Waals surface area contributed by atoms with Crippen molar-refractivity contribution < 1.29 is 4.79 Å². The smallest absolute Gasteiger partial charge is 0.137 e. The number of Topliss-reactive ketones (excluding diaryl/α,β-unsaturated/α-hetero) is 1. The molecule has 0 fully saturated rings. The average Bonchev–Trinajstić information content (AvgIpc) is 2.33. The summed E-state index contributed by atoms with van der Waals surface area (Å²) in [7, 11) is 1.97. The normalized spacial score (nSPS) is 10.8. The zero-order chi connectivity index (χ0) is 9.84. The second kappa shape index (κ2) is 4.26. The van der Waals surface area contributed by atoms with Gasteiger partial charge in [-0.2, -0.15) is 0 Å². The molecule has 2 nitrogen and oxygen atoms in total. The number of hydrogen-bond acceptors (Lipinski definition) is 1. The number of carbonyl (C=O) groups excluding carboxylic acids is 1. The van der Waals surface area contributed by atoms with Crippen molar-refractivity contribution in [2.75, 3.05) is 0 Å². The first-order valence-corrected chi connectivity index (χ1v) is 4.70. The highest BCUT2D eigenvalue weighted by Gasteiger charge is 2.06. The summed E-state index contributed by atoms with van der Waals surface area (Å²) in [6, 6.07) is 2.00. The molecule has 1 heterocycles. The highest BCUT2D eigenvalue weighted by Crippen LogP contribution is 2.06. The lowest BCUT2D eigenvalue weighted by atomic mass is 10.0. The first-order valence-electron chi connectivity index (χ1n) is 4.70. The van der Waals surface area contributed by atoms with E-state index in [-0.39, 0.29) is 0 Å². The SMILES string of the molecule is CC(C)CC(=O)Cc1ccn(C)c1. The van der Waals surface area contributed by atoms with Gasteiger partial charge in [-0.15, -0.1) is 0 Å². The highest BCUT2D eigenvalue weighted by atomic mass is 16.1. The second-order valence-electron chi connectivity index (χ2n) is 4.00. The first-order chi connectivity index (χ1) is 6.08. The summed E-state index contributed by atoms with van der Waals surface area (Å²) in [4.78, 5) is 11.4. The Labute approximate surface area is 79.6 Å². The van der Waals surface area contributed by atoms with Gasteiger partial charge < -0.3 is 4.57 Å². The van der Waals surface area contributed by atoms with Crippen LogP contribution in [0.2, 0.25) is 0 Å². The van der Waals surface area contributed by atoms with Crippen LogP contribution in [0.15, 0.2) is 18.5 Å². The van der Waals surface area contributed by atoms with Gasteiger partial charge in [-0.3, -0.25) is 4.79 Å². The van der Waals surface area contributed by atoms with Crippen LogP contribution in [0.1, 0.15) is 25.8 Å². The van der Waals surface area contributed by atoms with Crippen LogP contribution >= 0.6 is 0 Å². The molecular formula is C11H17NO. The number of ketones is 1. The fourth-order valence-corrected chi connectivity index (χ4v) is 1.42. The monoisotopic (exact) mass is 179 g/mol. The molecular weight excluding hydrogens is 162 g/mol. The van der Waals surface area contributed by atoms with Gasteiger partial charge in [0.25, 0.3) is 0 Å². The summed E-state index contributed by atoms with van der Waals surface area (Å²) in [5.74, 6) is 0.803. The third kappa shape index (κ3) is 3.45. The van der Waals surface area contributed by atoms with Gasteiger partial charge in [-0.25, -0.2) is 0 Å². The van der Waals surface area contributed by atoms with Gasteiger partial charge >= 0.3 is 0 Å². The molecule has 13 heavy (non-hydrogen) atoms. The van der Waals surface area contributed by atoms with E-state index in [2.05, 4.69) is 13.8 Å². The Balaban J connectivity index is 2.45. The maximum absolute atomic E-state index is 11.4. The largest absolute Gasteiger partial charge is 0.357 e. The van der Waals surface area contributed by atoms with Crippen LogP contribution in [0.3, 0.4) is 0 Å². The Hall–Kier alpha value is -1.05. The van der Waals surface area contributed by atoms with Crippen molar-refractivity contribution in [3.63, 3.8) is 0 Å². The third-order valence-electron chi connectivity index (χ3n) is 1.93. The standard InChI is InChI=1S/C11H17NO/c1-9(2)6-11(13)7-10-4-5-12(3)8-10/h4-5,8-9H,6-7H2,1-3H3. The summed E-state index contributed by atoms with van der Waals surface area (Å²) >= 11 is 0. The average molecular weight is 179 g/mol. The number of rotatable bonds is 4. The van der Waals surface area contributed by atoms with Gasteiger partial charge in [0.05, 0.1) is 0 Å². The molecule has 0 N–H and O–H groups in total. The minimum absolute atomic E-state index is 0.334. The van der Waals surface area contributed by atoms with Crippen molar-refractivity contribution >= 4 is 5.78 Å². The molecule has 0 bridgehead atoms. The topological polar surface area (TPSA) is 22.0 Å². The Kier molecular flexibility index (Phi) is 3.29. The molecule has 0 radical (unpaired) electrons. The Morgan fingerprint density at radius 2 is 2.23 bits per heavy atom. The van der Waals surface area contributed by atoms with Gasteiger partial charge in [-0.1, -0.05) is 13.8 Å². The van der Waals surface area contributed by atoms with Gasteiger partial charge in [-0.05, 0) is 17.5 Å². The lowest BCUT2D eigenvalue weighted by molar-refractivity contribution is -0.119. The summed E-state index contributed by atoms with van der Waals surface area (Å²) in [5.41, 5.74) is 1.12. The summed E-state index contributed by atoms with van der Waals surface area (Å²) in [6.07, 6.45) is 5.24. The predicted molar refractivity (Wildman–Crippen MR) is 53.6 cm³/mol. The predicted octanol–water partition coefficient (Wildman–Crippen LogP) is 2.18. The highest BCUT2D eigenvalue weighted by molar-refractivity contribution is 5.80. The molecule has 2 heteroatoms. The van der Waals surface area contributed by atoms with Crippen LogP contribution in [-0.2, 0) is 18.3 Å². The molecule has 1 rings (SSSR count). The van der Waals surface area contributed by atoms with Crippen molar-refractivity contribution in [3.05, 3.63) is 24.0 Å². The lowest BCUT2D eigenvalue weighted by Gasteiger charge is -2.01. The molecule has 0 aliphatic heterocycles. The molecule has 0 aliphatic carbocycles. The van der Waals surface area contributed by atoms with Crippen LogP contribution in [0.4, 0.5) is 0 Å². The van der Waals surface area contributed by atoms with Crippen LogP contribution in [0, 0.1) is 5.92 Å². The lowest BCUT2D eigenvalue weighted by Crippen LogP contribution is -2.05. The molecule has 0 saturated heterocycles. The van der Waals surface area contributed by atoms with Crippen LogP contribution < -0.4 is 0 Å². The van der Waals surface area contributed by atoms with Crippen LogP contribution in [0.25, 0.3) is 0 Å². The van der Waals surface area contributed by atoms with Gasteiger partial charge in [0.1, 0.15) is 5.78 Å². The Bertz CT molecular complexity index is 286. The number of carbonyl (C=O) groups is 1. The molecule has 0 amide bonds. The van der Waals surface area contributed by atoms with E-state index in [0.717, 1.165) is 5.56 Å². The fraction of sp³-hybridized carbons (Fsp3) is 0.545. The van der Waals surface area contributed by atoms with Crippen molar-refractivity contribution in [3.8, 4) is 0 Å².